The second-order valence-electron chi connectivity index (χ2n) is 3.12. The Morgan fingerprint density at radius 1 is 0.895 bits per heavy atom. The van der Waals surface area contributed by atoms with Crippen LogP contribution in [0.3, 0.4) is 0 Å². The molecule has 0 radical (unpaired) electrons. The van der Waals surface area contributed by atoms with Crippen LogP contribution in [0.5, 0.6) is 0 Å². The highest BCUT2D eigenvalue weighted by atomic mass is 16.5. The van der Waals surface area contributed by atoms with E-state index in [1.54, 1.807) is 24.3 Å². The Morgan fingerprint density at radius 2 is 1.58 bits per heavy atom. The van der Waals surface area contributed by atoms with Gasteiger partial charge in [0.1, 0.15) is 6.26 Å². The number of rotatable bonds is 0. The number of nitrogens with zero attached hydrogens (tertiary/aromatic N) is 4. The molecule has 0 N–H and O–H groups in total. The summed E-state index contributed by atoms with van der Waals surface area (Å²) < 4.78 is 4.69. The standard InChI is InChI=1S/C14H12N4O/c15-13-14-9-7-5-3-1-2-4-6-8-12-19-18-17-16-11-10-14/h1-12H. The van der Waals surface area contributed by atoms with Crippen molar-refractivity contribution in [3.8, 4) is 6.07 Å². The van der Waals surface area contributed by atoms with Gasteiger partial charge in [-0.2, -0.15) is 5.26 Å². The normalized spacial score (nSPS) is 7.95. The monoisotopic (exact) mass is 252 g/mol. The first-order chi connectivity index (χ1) is 9.43. The van der Waals surface area contributed by atoms with Crippen molar-refractivity contribution in [3.05, 3.63) is 78.7 Å². The van der Waals surface area contributed by atoms with Gasteiger partial charge in [0.05, 0.1) is 23.1 Å². The molecule has 0 saturated carbocycles. The predicted molar refractivity (Wildman–Crippen MR) is 69.7 cm³/mol. The summed E-state index contributed by atoms with van der Waals surface area (Å²) in [4.78, 5) is 0. The van der Waals surface area contributed by atoms with Gasteiger partial charge in [0.2, 0.25) is 0 Å². The number of aromatic nitrogens is 3. The largest absolute Gasteiger partial charge is 0.346 e. The third-order valence-electron chi connectivity index (χ3n) is 1.78. The molecule has 0 amide bonds. The number of nitriles is 1. The van der Waals surface area contributed by atoms with Crippen molar-refractivity contribution in [1.82, 2.24) is 15.6 Å². The van der Waals surface area contributed by atoms with Gasteiger partial charge in [-0.05, 0) is 23.4 Å². The summed E-state index contributed by atoms with van der Waals surface area (Å²) in [6.07, 6.45) is 2.73. The molecule has 0 aliphatic heterocycles. The Morgan fingerprint density at radius 3 is 2.32 bits per heavy atom. The van der Waals surface area contributed by atoms with Gasteiger partial charge in [-0.25, -0.2) is 0 Å². The highest BCUT2D eigenvalue weighted by Gasteiger charge is 1.77. The second-order valence-corrected chi connectivity index (χ2v) is 3.12. The van der Waals surface area contributed by atoms with Crippen molar-refractivity contribution >= 4 is 0 Å². The minimum absolute atomic E-state index is 0.456. The quantitative estimate of drug-likeness (QED) is 0.709. The van der Waals surface area contributed by atoms with E-state index < -0.39 is 0 Å². The highest BCUT2D eigenvalue weighted by Crippen LogP contribution is 1.88. The smallest absolute Gasteiger partial charge is 0.124 e. The molecule has 94 valence electrons. The molecule has 1 aromatic heterocycles. The lowest BCUT2D eigenvalue weighted by atomic mass is 10.3. The molecule has 1 heterocycles. The minimum Gasteiger partial charge on any atom is -0.346 e. The van der Waals surface area contributed by atoms with Gasteiger partial charge >= 0.3 is 0 Å². The lowest BCUT2D eigenvalue weighted by Gasteiger charge is -1.75. The Balaban J connectivity index is 3.20. The zero-order valence-electron chi connectivity index (χ0n) is 10.1. The first-order valence-corrected chi connectivity index (χ1v) is 5.46. The fourth-order valence-corrected chi connectivity index (χ4v) is 0.968. The van der Waals surface area contributed by atoms with Crippen LogP contribution >= 0.6 is 0 Å². The summed E-state index contributed by atoms with van der Waals surface area (Å²) in [7, 11) is 0. The topological polar surface area (TPSA) is 75.6 Å². The zero-order valence-corrected chi connectivity index (χ0v) is 10.1. The summed E-state index contributed by atoms with van der Waals surface area (Å²) in [5.41, 5.74) is 0.456. The van der Waals surface area contributed by atoms with E-state index in [0.29, 0.717) is 5.56 Å². The molecule has 0 fully saturated rings. The Bertz CT molecular complexity index is 544. The van der Waals surface area contributed by atoms with Crippen LogP contribution in [-0.4, -0.2) is 15.6 Å². The molecule has 0 spiro atoms. The van der Waals surface area contributed by atoms with E-state index in [0.717, 1.165) is 0 Å². The minimum atomic E-state index is 0.456. The lowest BCUT2D eigenvalue weighted by Crippen LogP contribution is -1.75. The summed E-state index contributed by atoms with van der Waals surface area (Å²) in [5.74, 6) is 0. The van der Waals surface area contributed by atoms with Crippen LogP contribution in [-0.2, 0) is 0 Å². The van der Waals surface area contributed by atoms with Crippen LogP contribution in [0.25, 0.3) is 0 Å². The van der Waals surface area contributed by atoms with Crippen LogP contribution in [0.4, 0.5) is 0 Å². The number of hydrogen-bond acceptors (Lipinski definition) is 5. The summed E-state index contributed by atoms with van der Waals surface area (Å²) >= 11 is 0. The third-order valence-corrected chi connectivity index (χ3v) is 1.78. The zero-order chi connectivity index (χ0) is 13.6. The maximum Gasteiger partial charge on any atom is 0.124 e. The van der Waals surface area contributed by atoms with Crippen LogP contribution in [0.15, 0.2) is 77.6 Å². The van der Waals surface area contributed by atoms with Gasteiger partial charge in [0.25, 0.3) is 0 Å². The lowest BCUT2D eigenvalue weighted by molar-refractivity contribution is 0.356. The molecule has 0 aliphatic carbocycles. The molecular formula is C14H12N4O. The molecule has 0 aliphatic rings. The first kappa shape index (κ1) is 14.1. The average molecular weight is 252 g/mol. The summed E-state index contributed by atoms with van der Waals surface area (Å²) in [5, 5.41) is 19.1. The van der Waals surface area contributed by atoms with Crippen LogP contribution in [0.1, 0.15) is 5.56 Å². The van der Waals surface area contributed by atoms with Crippen molar-refractivity contribution in [2.75, 3.05) is 0 Å². The first-order valence-electron chi connectivity index (χ1n) is 5.46. The third kappa shape index (κ3) is 7.82. The fraction of sp³-hybridized carbons (Fsp3) is 0. The Labute approximate surface area is 111 Å². The molecule has 5 heteroatoms. The van der Waals surface area contributed by atoms with Crippen molar-refractivity contribution in [1.29, 1.82) is 5.26 Å². The molecule has 0 atom stereocenters. The summed E-state index contributed by atoms with van der Waals surface area (Å²) in [6.45, 7) is 0. The molecule has 0 aromatic carbocycles. The maximum absolute atomic E-state index is 8.85. The molecule has 0 bridgehead atoms. The average Bonchev–Trinajstić information content (AvgIpc) is 2.44. The molecule has 0 saturated heterocycles. The molecule has 1 aromatic rings. The van der Waals surface area contributed by atoms with E-state index in [4.69, 9.17) is 5.26 Å². The van der Waals surface area contributed by atoms with E-state index in [9.17, 15) is 0 Å². The highest BCUT2D eigenvalue weighted by molar-refractivity contribution is 5.24. The van der Waals surface area contributed by atoms with Gasteiger partial charge in [0.15, 0.2) is 0 Å². The predicted octanol–water partition coefficient (Wildman–Crippen LogP) is 2.71. The van der Waals surface area contributed by atoms with Crippen LogP contribution in [0, 0.1) is 11.3 Å². The SMILES string of the molecule is N#Cc1cccccccccconnncc1. The summed E-state index contributed by atoms with van der Waals surface area (Å²) in [6, 6.07) is 19.7. The van der Waals surface area contributed by atoms with Crippen molar-refractivity contribution in [3.63, 3.8) is 0 Å². The van der Waals surface area contributed by atoms with E-state index >= 15 is 0 Å². The van der Waals surface area contributed by atoms with Crippen molar-refractivity contribution in [2.24, 2.45) is 0 Å². The van der Waals surface area contributed by atoms with Gasteiger partial charge in [-0.3, -0.25) is 0 Å². The van der Waals surface area contributed by atoms with Gasteiger partial charge < -0.3 is 4.52 Å². The van der Waals surface area contributed by atoms with Crippen molar-refractivity contribution in [2.45, 2.75) is 0 Å². The number of hydrogen-bond donors (Lipinski definition) is 0. The van der Waals surface area contributed by atoms with E-state index in [1.807, 2.05) is 36.4 Å². The van der Waals surface area contributed by atoms with Gasteiger partial charge in [0, 0.05) is 0 Å². The van der Waals surface area contributed by atoms with Gasteiger partial charge in [-0.1, -0.05) is 42.5 Å². The van der Waals surface area contributed by atoms with E-state index in [1.165, 1.54) is 18.5 Å². The van der Waals surface area contributed by atoms with Gasteiger partial charge in [-0.15, -0.1) is 5.10 Å². The van der Waals surface area contributed by atoms with Crippen LogP contribution < -0.4 is 0 Å². The molecular weight excluding hydrogens is 240 g/mol. The van der Waals surface area contributed by atoms with E-state index in [2.05, 4.69) is 20.1 Å². The fourth-order valence-electron chi connectivity index (χ4n) is 0.968. The van der Waals surface area contributed by atoms with Crippen molar-refractivity contribution < 1.29 is 4.52 Å². The van der Waals surface area contributed by atoms with Crippen LogP contribution in [0.2, 0.25) is 0 Å². The molecule has 19 heavy (non-hydrogen) atoms. The maximum atomic E-state index is 8.85. The Hall–Kier alpha value is -3.00. The molecule has 0 unspecified atom stereocenters. The second kappa shape index (κ2) is 10.2. The molecule has 1 rings (SSSR count). The Kier molecular flexibility index (Phi) is 7.53. The van der Waals surface area contributed by atoms with E-state index in [-0.39, 0.29) is 0 Å². The molecule has 5 nitrogen and oxygen atoms in total.